The first-order valence-electron chi connectivity index (χ1n) is 5.97. The predicted octanol–water partition coefficient (Wildman–Crippen LogP) is 2.73. The van der Waals surface area contributed by atoms with E-state index in [-0.39, 0.29) is 17.4 Å². The zero-order valence-electron chi connectivity index (χ0n) is 11.4. The molecule has 0 aliphatic heterocycles. The fourth-order valence-corrected chi connectivity index (χ4v) is 2.17. The molecule has 0 heterocycles. The van der Waals surface area contributed by atoms with Gasteiger partial charge >= 0.3 is 5.97 Å². The number of hydrogen-bond donors (Lipinski definition) is 1. The number of anilines is 1. The summed E-state index contributed by atoms with van der Waals surface area (Å²) in [4.78, 5) is 22.6. The highest BCUT2D eigenvalue weighted by molar-refractivity contribution is 8.00. The molecule has 21 heavy (non-hydrogen) atoms. The van der Waals surface area contributed by atoms with Gasteiger partial charge in [-0.25, -0.2) is 13.2 Å². The molecule has 1 aromatic rings. The van der Waals surface area contributed by atoms with Crippen molar-refractivity contribution < 1.29 is 27.5 Å². The van der Waals surface area contributed by atoms with E-state index < -0.39 is 35.0 Å². The Balaban J connectivity index is 2.51. The van der Waals surface area contributed by atoms with Gasteiger partial charge in [-0.15, -0.1) is 11.8 Å². The van der Waals surface area contributed by atoms with Crippen LogP contribution in [0, 0.1) is 17.5 Å². The maximum Gasteiger partial charge on any atom is 0.306 e. The lowest BCUT2D eigenvalue weighted by Gasteiger charge is -2.10. The number of rotatable bonds is 6. The summed E-state index contributed by atoms with van der Waals surface area (Å²) in [5, 5.41) is 1.97. The second-order valence-corrected chi connectivity index (χ2v) is 5.60. The topological polar surface area (TPSA) is 55.4 Å². The number of esters is 1. The normalized spacial score (nSPS) is 11.9. The van der Waals surface area contributed by atoms with E-state index in [0.717, 1.165) is 23.9 Å². The molecule has 0 radical (unpaired) electrons. The van der Waals surface area contributed by atoms with Crippen LogP contribution < -0.4 is 5.32 Å². The minimum absolute atomic E-state index is 0.0589. The van der Waals surface area contributed by atoms with Crippen molar-refractivity contribution in [1.82, 2.24) is 0 Å². The third-order valence-corrected chi connectivity index (χ3v) is 3.65. The van der Waals surface area contributed by atoms with E-state index in [9.17, 15) is 22.8 Å². The lowest BCUT2D eigenvalue weighted by atomic mass is 10.3. The summed E-state index contributed by atoms with van der Waals surface area (Å²) < 4.78 is 43.5. The largest absolute Gasteiger partial charge is 0.469 e. The van der Waals surface area contributed by atoms with Crippen molar-refractivity contribution in [3.8, 4) is 0 Å². The van der Waals surface area contributed by atoms with E-state index in [1.54, 1.807) is 6.92 Å². The molecule has 1 aromatic carbocycles. The molecule has 0 fully saturated rings. The third-order valence-electron chi connectivity index (χ3n) is 2.49. The molecule has 0 bridgehead atoms. The van der Waals surface area contributed by atoms with Crippen molar-refractivity contribution in [3.63, 3.8) is 0 Å². The molecule has 0 spiro atoms. The fraction of sp³-hybridized carbons (Fsp3) is 0.385. The summed E-state index contributed by atoms with van der Waals surface area (Å²) in [6.45, 7) is 1.73. The van der Waals surface area contributed by atoms with Gasteiger partial charge in [0.25, 0.3) is 0 Å². The molecule has 0 aliphatic carbocycles. The fourth-order valence-electron chi connectivity index (χ4n) is 1.40. The Hall–Kier alpha value is -1.70. The third kappa shape index (κ3) is 5.30. The first-order chi connectivity index (χ1) is 9.85. The number of hydrogen-bond acceptors (Lipinski definition) is 4. The summed E-state index contributed by atoms with van der Waals surface area (Å²) in [6, 6.07) is 1.66. The molecule has 1 unspecified atom stereocenters. The van der Waals surface area contributed by atoms with Gasteiger partial charge in [-0.3, -0.25) is 9.59 Å². The Morgan fingerprint density at radius 2 is 1.95 bits per heavy atom. The molecular formula is C13H14F3NO3S. The van der Waals surface area contributed by atoms with E-state index in [4.69, 9.17) is 0 Å². The van der Waals surface area contributed by atoms with Crippen LogP contribution >= 0.6 is 11.8 Å². The Bertz CT molecular complexity index is 540. The zero-order valence-corrected chi connectivity index (χ0v) is 12.2. The van der Waals surface area contributed by atoms with E-state index >= 15 is 0 Å². The number of carbonyl (C=O) groups excluding carboxylic acids is 2. The molecule has 1 rings (SSSR count). The molecule has 0 aromatic heterocycles. The quantitative estimate of drug-likeness (QED) is 0.646. The van der Waals surface area contributed by atoms with Gasteiger partial charge in [0.15, 0.2) is 17.5 Å². The molecule has 0 aliphatic rings. The predicted molar refractivity (Wildman–Crippen MR) is 73.5 cm³/mol. The van der Waals surface area contributed by atoms with Crippen LogP contribution in [0.1, 0.15) is 13.3 Å². The van der Waals surface area contributed by atoms with E-state index in [2.05, 4.69) is 10.1 Å². The van der Waals surface area contributed by atoms with Crippen LogP contribution in [-0.4, -0.2) is 30.0 Å². The number of halogens is 3. The minimum Gasteiger partial charge on any atom is -0.469 e. The van der Waals surface area contributed by atoms with Crippen LogP contribution in [0.4, 0.5) is 18.9 Å². The summed E-state index contributed by atoms with van der Waals surface area (Å²) >= 11 is 1.16. The van der Waals surface area contributed by atoms with Gasteiger partial charge in [-0.2, -0.15) is 0 Å². The van der Waals surface area contributed by atoms with Gasteiger partial charge in [0.2, 0.25) is 5.91 Å². The first kappa shape index (κ1) is 17.4. The Morgan fingerprint density at radius 3 is 2.57 bits per heavy atom. The van der Waals surface area contributed by atoms with Gasteiger partial charge < -0.3 is 10.1 Å². The number of nitrogens with one attached hydrogen (secondary N) is 1. The number of benzene rings is 1. The van der Waals surface area contributed by atoms with Gasteiger partial charge in [0, 0.05) is 5.25 Å². The van der Waals surface area contributed by atoms with Crippen molar-refractivity contribution in [2.45, 2.75) is 18.6 Å². The van der Waals surface area contributed by atoms with Crippen LogP contribution in [0.5, 0.6) is 0 Å². The number of methoxy groups -OCH3 is 1. The molecule has 4 nitrogen and oxygen atoms in total. The molecule has 8 heteroatoms. The Labute approximate surface area is 124 Å². The highest BCUT2D eigenvalue weighted by atomic mass is 32.2. The van der Waals surface area contributed by atoms with Gasteiger partial charge in [0.05, 0.1) is 25.0 Å². The van der Waals surface area contributed by atoms with Gasteiger partial charge in [-0.05, 0) is 12.1 Å². The van der Waals surface area contributed by atoms with E-state index in [0.29, 0.717) is 0 Å². The number of carbonyl (C=O) groups is 2. The lowest BCUT2D eigenvalue weighted by molar-refractivity contribution is -0.140. The van der Waals surface area contributed by atoms with Crippen LogP contribution in [0.25, 0.3) is 0 Å². The summed E-state index contributed by atoms with van der Waals surface area (Å²) in [6.07, 6.45) is 0.133. The van der Waals surface area contributed by atoms with Crippen LogP contribution in [0.3, 0.4) is 0 Å². The smallest absolute Gasteiger partial charge is 0.306 e. The summed E-state index contributed by atoms with van der Waals surface area (Å²) in [5.74, 6) is -5.46. The number of amides is 1. The Morgan fingerprint density at radius 1 is 1.29 bits per heavy atom. The maximum atomic E-state index is 13.3. The second-order valence-electron chi connectivity index (χ2n) is 4.17. The average molecular weight is 321 g/mol. The Kier molecular flexibility index (Phi) is 6.54. The van der Waals surface area contributed by atoms with Crippen LogP contribution in [0.2, 0.25) is 0 Å². The summed E-state index contributed by atoms with van der Waals surface area (Å²) in [7, 11) is 1.26. The second kappa shape index (κ2) is 7.92. The molecule has 0 saturated heterocycles. The maximum absolute atomic E-state index is 13.3. The van der Waals surface area contributed by atoms with Crippen molar-refractivity contribution in [2.75, 3.05) is 18.2 Å². The molecule has 1 atom stereocenters. The van der Waals surface area contributed by atoms with Crippen molar-refractivity contribution in [2.24, 2.45) is 0 Å². The number of ether oxygens (including phenoxy) is 1. The zero-order chi connectivity index (χ0) is 16.0. The van der Waals surface area contributed by atoms with Crippen LogP contribution in [-0.2, 0) is 14.3 Å². The van der Waals surface area contributed by atoms with Gasteiger partial charge in [0.1, 0.15) is 0 Å². The molecule has 1 N–H and O–H groups in total. The minimum atomic E-state index is -1.64. The highest BCUT2D eigenvalue weighted by Crippen LogP contribution is 2.20. The first-order valence-corrected chi connectivity index (χ1v) is 7.01. The number of thioether (sulfide) groups is 1. The summed E-state index contributed by atoms with van der Waals surface area (Å²) in [5.41, 5.74) is -0.430. The standard InChI is InChI=1S/C13H14F3NO3S/c1-7(5-11(19)20-2)21-6-10(18)17-9-4-3-8(14)12(15)13(9)16/h3-4,7H,5-6H2,1-2H3,(H,17,18). The SMILES string of the molecule is COC(=O)CC(C)SCC(=O)Nc1ccc(F)c(F)c1F. The van der Waals surface area contributed by atoms with Crippen molar-refractivity contribution in [1.29, 1.82) is 0 Å². The van der Waals surface area contributed by atoms with Gasteiger partial charge in [-0.1, -0.05) is 6.92 Å². The van der Waals surface area contributed by atoms with Crippen LogP contribution in [0.15, 0.2) is 12.1 Å². The molecular weight excluding hydrogens is 307 g/mol. The molecule has 116 valence electrons. The van der Waals surface area contributed by atoms with E-state index in [1.165, 1.54) is 7.11 Å². The monoisotopic (exact) mass is 321 g/mol. The molecule has 0 saturated carbocycles. The lowest BCUT2D eigenvalue weighted by Crippen LogP contribution is -2.18. The van der Waals surface area contributed by atoms with Crippen molar-refractivity contribution >= 4 is 29.3 Å². The van der Waals surface area contributed by atoms with Crippen molar-refractivity contribution in [3.05, 3.63) is 29.6 Å². The highest BCUT2D eigenvalue weighted by Gasteiger charge is 2.16. The molecule has 1 amide bonds. The average Bonchev–Trinajstić information content (AvgIpc) is 2.45. The van der Waals surface area contributed by atoms with E-state index in [1.807, 2.05) is 0 Å².